The van der Waals surface area contributed by atoms with Gasteiger partial charge in [-0.2, -0.15) is 13.2 Å². The lowest BCUT2D eigenvalue weighted by atomic mass is 10.1. The van der Waals surface area contributed by atoms with Crippen molar-refractivity contribution >= 4 is 17.2 Å². The molecule has 3 rings (SSSR count). The number of nitro benzene ring substituents is 1. The van der Waals surface area contributed by atoms with Crippen molar-refractivity contribution in [3.63, 3.8) is 0 Å². The van der Waals surface area contributed by atoms with Crippen molar-refractivity contribution in [1.82, 2.24) is 4.98 Å². The number of nitrogens with zero attached hydrogens (tertiary/aromatic N) is 4. The molecule has 0 aliphatic carbocycles. The number of hydrogen-bond donors (Lipinski definition) is 0. The monoisotopic (exact) mass is 366 g/mol. The maximum absolute atomic E-state index is 12.8. The highest BCUT2D eigenvalue weighted by molar-refractivity contribution is 5.65. The minimum atomic E-state index is -4.61. The van der Waals surface area contributed by atoms with E-state index in [0.717, 1.165) is 17.6 Å². The second kappa shape index (κ2) is 6.81. The molecule has 1 aromatic carbocycles. The maximum Gasteiger partial charge on any atom is 0.416 e. The molecule has 1 aliphatic heterocycles. The summed E-state index contributed by atoms with van der Waals surface area (Å²) in [5.41, 5.74) is -0.444. The van der Waals surface area contributed by atoms with E-state index < -0.39 is 22.4 Å². The lowest BCUT2D eigenvalue weighted by molar-refractivity contribution is -0.384. The molecule has 0 bridgehead atoms. The Balaban J connectivity index is 1.80. The molecule has 1 saturated heterocycles. The first-order chi connectivity index (χ1) is 12.3. The van der Waals surface area contributed by atoms with Crippen molar-refractivity contribution in [2.24, 2.45) is 0 Å². The van der Waals surface area contributed by atoms with Gasteiger partial charge in [0.1, 0.15) is 11.5 Å². The van der Waals surface area contributed by atoms with Crippen molar-refractivity contribution in [3.8, 4) is 0 Å². The molecule has 1 aromatic heterocycles. The topological polar surface area (TPSA) is 62.5 Å². The van der Waals surface area contributed by atoms with Gasteiger partial charge in [0.05, 0.1) is 10.5 Å². The highest BCUT2D eigenvalue weighted by Crippen LogP contribution is 2.36. The molecule has 0 spiro atoms. The van der Waals surface area contributed by atoms with Crippen molar-refractivity contribution in [3.05, 3.63) is 57.8 Å². The van der Waals surface area contributed by atoms with Crippen LogP contribution in [-0.2, 0) is 6.18 Å². The molecule has 0 N–H and O–H groups in total. The van der Waals surface area contributed by atoms with Crippen LogP contribution in [0.5, 0.6) is 0 Å². The van der Waals surface area contributed by atoms with E-state index in [-0.39, 0.29) is 5.69 Å². The van der Waals surface area contributed by atoms with Crippen molar-refractivity contribution < 1.29 is 18.1 Å². The summed E-state index contributed by atoms with van der Waals surface area (Å²) < 4.78 is 38.5. The Morgan fingerprint density at radius 2 is 1.73 bits per heavy atom. The smallest absolute Gasteiger partial charge is 0.362 e. The maximum atomic E-state index is 12.8. The van der Waals surface area contributed by atoms with Gasteiger partial charge in [0.15, 0.2) is 0 Å². The lowest BCUT2D eigenvalue weighted by Crippen LogP contribution is -2.47. The molecule has 0 unspecified atom stereocenters. The zero-order valence-electron chi connectivity index (χ0n) is 14.0. The standard InChI is InChI=1S/C17H17F3N4O2/c1-12-3-2-4-16(21-12)23-9-7-22(8-10-23)14-6-5-13(17(18,19)20)11-15(14)24(25)26/h2-6,11H,7-10H2,1H3. The number of rotatable bonds is 3. The summed E-state index contributed by atoms with van der Waals surface area (Å²) in [5.74, 6) is 0.826. The second-order valence-corrected chi connectivity index (χ2v) is 6.07. The molecular formula is C17H17F3N4O2. The predicted molar refractivity (Wildman–Crippen MR) is 91.5 cm³/mol. The van der Waals surface area contributed by atoms with Gasteiger partial charge in [-0.3, -0.25) is 10.1 Å². The van der Waals surface area contributed by atoms with Crippen LogP contribution in [0, 0.1) is 17.0 Å². The molecule has 26 heavy (non-hydrogen) atoms. The van der Waals surface area contributed by atoms with Crippen LogP contribution < -0.4 is 9.80 Å². The Morgan fingerprint density at radius 1 is 1.08 bits per heavy atom. The minimum Gasteiger partial charge on any atom is -0.362 e. The van der Waals surface area contributed by atoms with Gasteiger partial charge in [-0.1, -0.05) is 6.07 Å². The van der Waals surface area contributed by atoms with E-state index in [1.54, 1.807) is 4.90 Å². The number of alkyl halides is 3. The largest absolute Gasteiger partial charge is 0.416 e. The summed E-state index contributed by atoms with van der Waals surface area (Å²) in [7, 11) is 0. The third-order valence-corrected chi connectivity index (χ3v) is 4.32. The quantitative estimate of drug-likeness (QED) is 0.613. The van der Waals surface area contributed by atoms with E-state index in [1.165, 1.54) is 6.07 Å². The number of piperazine rings is 1. The number of anilines is 2. The first-order valence-corrected chi connectivity index (χ1v) is 8.05. The molecule has 0 saturated carbocycles. The minimum absolute atomic E-state index is 0.208. The molecule has 1 aliphatic rings. The van der Waals surface area contributed by atoms with E-state index in [2.05, 4.69) is 9.88 Å². The number of hydrogen-bond acceptors (Lipinski definition) is 5. The van der Waals surface area contributed by atoms with Gasteiger partial charge >= 0.3 is 6.18 Å². The molecule has 1 fully saturated rings. The van der Waals surface area contributed by atoms with E-state index in [9.17, 15) is 23.3 Å². The average Bonchev–Trinajstić information content (AvgIpc) is 2.60. The zero-order valence-corrected chi connectivity index (χ0v) is 14.0. The number of pyridine rings is 1. The van der Waals surface area contributed by atoms with Crippen LogP contribution in [0.25, 0.3) is 0 Å². The van der Waals surface area contributed by atoms with Crippen molar-refractivity contribution in [2.45, 2.75) is 13.1 Å². The molecule has 9 heteroatoms. The first kappa shape index (κ1) is 18.0. The third-order valence-electron chi connectivity index (χ3n) is 4.32. The summed E-state index contributed by atoms with van der Waals surface area (Å²) in [6, 6.07) is 8.36. The highest BCUT2D eigenvalue weighted by atomic mass is 19.4. The van der Waals surface area contributed by atoms with Gasteiger partial charge in [0, 0.05) is 37.9 Å². The molecule has 0 amide bonds. The lowest BCUT2D eigenvalue weighted by Gasteiger charge is -2.36. The third kappa shape index (κ3) is 3.71. The Labute approximate surface area is 148 Å². The van der Waals surface area contributed by atoms with Crippen LogP contribution in [0.2, 0.25) is 0 Å². The van der Waals surface area contributed by atoms with Gasteiger partial charge in [-0.15, -0.1) is 0 Å². The van der Waals surface area contributed by atoms with E-state index in [4.69, 9.17) is 0 Å². The summed E-state index contributed by atoms with van der Waals surface area (Å²) in [6.07, 6.45) is -4.61. The van der Waals surface area contributed by atoms with Gasteiger partial charge in [0.25, 0.3) is 5.69 Å². The van der Waals surface area contributed by atoms with Crippen LogP contribution in [0.1, 0.15) is 11.3 Å². The Bertz CT molecular complexity index is 818. The zero-order chi connectivity index (χ0) is 18.9. The number of aryl methyl sites for hydroxylation is 1. The summed E-state index contributed by atoms with van der Waals surface area (Å²) in [4.78, 5) is 18.7. The fourth-order valence-electron chi connectivity index (χ4n) is 2.99. The van der Waals surface area contributed by atoms with Crippen molar-refractivity contribution in [2.75, 3.05) is 36.0 Å². The van der Waals surface area contributed by atoms with Crippen LogP contribution in [0.15, 0.2) is 36.4 Å². The molecule has 0 radical (unpaired) electrons. The van der Waals surface area contributed by atoms with Crippen LogP contribution in [-0.4, -0.2) is 36.1 Å². The number of aromatic nitrogens is 1. The van der Waals surface area contributed by atoms with Gasteiger partial charge in [0.2, 0.25) is 0 Å². The molecule has 2 aromatic rings. The van der Waals surface area contributed by atoms with Crippen molar-refractivity contribution in [1.29, 1.82) is 0 Å². The Morgan fingerprint density at radius 3 is 2.31 bits per heavy atom. The predicted octanol–water partition coefficient (Wildman–Crippen LogP) is 3.64. The van der Waals surface area contributed by atoms with Crippen LogP contribution >= 0.6 is 0 Å². The van der Waals surface area contributed by atoms with E-state index >= 15 is 0 Å². The molecule has 0 atom stereocenters. The number of halogens is 3. The van der Waals surface area contributed by atoms with Gasteiger partial charge in [-0.25, -0.2) is 4.98 Å². The molecule has 6 nitrogen and oxygen atoms in total. The second-order valence-electron chi connectivity index (χ2n) is 6.07. The average molecular weight is 366 g/mol. The molecule has 2 heterocycles. The summed E-state index contributed by atoms with van der Waals surface area (Å²) in [5, 5.41) is 11.3. The highest BCUT2D eigenvalue weighted by Gasteiger charge is 2.34. The Kier molecular flexibility index (Phi) is 4.71. The van der Waals surface area contributed by atoms with E-state index in [0.29, 0.717) is 32.2 Å². The fraction of sp³-hybridized carbons (Fsp3) is 0.353. The van der Waals surface area contributed by atoms with Crippen LogP contribution in [0.3, 0.4) is 0 Å². The fourth-order valence-corrected chi connectivity index (χ4v) is 2.99. The van der Waals surface area contributed by atoms with Gasteiger partial charge in [-0.05, 0) is 31.2 Å². The van der Waals surface area contributed by atoms with E-state index in [1.807, 2.05) is 25.1 Å². The van der Waals surface area contributed by atoms with Gasteiger partial charge < -0.3 is 9.80 Å². The SMILES string of the molecule is Cc1cccc(N2CCN(c3ccc(C(F)(F)F)cc3[N+](=O)[O-])CC2)n1. The normalized spacial score (nSPS) is 15.2. The number of nitro groups is 1. The summed E-state index contributed by atoms with van der Waals surface area (Å²) in [6.45, 7) is 3.97. The molecule has 138 valence electrons. The Hall–Kier alpha value is -2.84. The summed E-state index contributed by atoms with van der Waals surface area (Å²) >= 11 is 0. The molecular weight excluding hydrogens is 349 g/mol. The van der Waals surface area contributed by atoms with Crippen LogP contribution in [0.4, 0.5) is 30.4 Å². The number of benzene rings is 1. The first-order valence-electron chi connectivity index (χ1n) is 8.05.